The maximum absolute atomic E-state index is 2.41. The van der Waals surface area contributed by atoms with Gasteiger partial charge in [-0.25, -0.2) is 0 Å². The molecule has 0 radical (unpaired) electrons. The third-order valence-electron chi connectivity index (χ3n) is 4.75. The van der Waals surface area contributed by atoms with Crippen molar-refractivity contribution in [3.8, 4) is 0 Å². The van der Waals surface area contributed by atoms with Gasteiger partial charge in [0.15, 0.2) is 0 Å². The van der Waals surface area contributed by atoms with Crippen LogP contribution in [0.25, 0.3) is 10.8 Å². The third-order valence-corrected chi connectivity index (χ3v) is 4.75. The molecule has 20 heavy (non-hydrogen) atoms. The van der Waals surface area contributed by atoms with Gasteiger partial charge < -0.3 is 0 Å². The third kappa shape index (κ3) is 2.26. The van der Waals surface area contributed by atoms with Crippen LogP contribution < -0.4 is 0 Å². The quantitative estimate of drug-likeness (QED) is 0.598. The molecule has 0 aliphatic rings. The van der Waals surface area contributed by atoms with Crippen molar-refractivity contribution in [2.24, 2.45) is 0 Å². The summed E-state index contributed by atoms with van der Waals surface area (Å²) in [6.45, 7) is 18.3. The number of hydrogen-bond acceptors (Lipinski definition) is 0. The number of fused-ring (bicyclic) bond motifs is 1. The average Bonchev–Trinajstić information content (AvgIpc) is 2.36. The molecule has 0 N–H and O–H groups in total. The van der Waals surface area contributed by atoms with Crippen LogP contribution in [0, 0.1) is 27.7 Å². The van der Waals surface area contributed by atoms with E-state index in [4.69, 9.17) is 0 Å². The van der Waals surface area contributed by atoms with Crippen LogP contribution in [0.4, 0.5) is 0 Å². The second-order valence-electron chi connectivity index (χ2n) is 6.87. The van der Waals surface area contributed by atoms with Crippen LogP contribution in [-0.2, 0) is 0 Å². The van der Waals surface area contributed by atoms with Crippen molar-refractivity contribution in [2.45, 2.75) is 67.2 Å². The van der Waals surface area contributed by atoms with Crippen molar-refractivity contribution in [1.82, 2.24) is 0 Å². The van der Waals surface area contributed by atoms with Gasteiger partial charge in [0.25, 0.3) is 0 Å². The standard InChI is InChI=1S/C20H28/c1-11(2)17-9-13(5)15(7)19-16(8)14(6)10-18(12(3)4)20(17)19/h9-12H,1-8H3. The van der Waals surface area contributed by atoms with Gasteiger partial charge in [-0.3, -0.25) is 0 Å². The Kier molecular flexibility index (Phi) is 3.95. The van der Waals surface area contributed by atoms with Gasteiger partial charge in [0.2, 0.25) is 0 Å². The number of hydrogen-bond donors (Lipinski definition) is 0. The van der Waals surface area contributed by atoms with E-state index in [9.17, 15) is 0 Å². The van der Waals surface area contributed by atoms with E-state index in [1.54, 1.807) is 0 Å². The van der Waals surface area contributed by atoms with Crippen LogP contribution in [0.3, 0.4) is 0 Å². The Bertz CT molecular complexity index is 603. The molecule has 0 spiro atoms. The summed E-state index contributed by atoms with van der Waals surface area (Å²) in [6.07, 6.45) is 0. The molecule has 0 bridgehead atoms. The fraction of sp³-hybridized carbons (Fsp3) is 0.500. The zero-order valence-corrected chi connectivity index (χ0v) is 14.3. The van der Waals surface area contributed by atoms with Gasteiger partial charge in [-0.15, -0.1) is 0 Å². The zero-order valence-electron chi connectivity index (χ0n) is 14.3. The topological polar surface area (TPSA) is 0 Å². The van der Waals surface area contributed by atoms with E-state index >= 15 is 0 Å². The Morgan fingerprint density at radius 3 is 1.25 bits per heavy atom. The molecule has 2 rings (SSSR count). The fourth-order valence-electron chi connectivity index (χ4n) is 3.24. The molecule has 2 aromatic carbocycles. The minimum Gasteiger partial charge on any atom is -0.0587 e. The summed E-state index contributed by atoms with van der Waals surface area (Å²) in [6, 6.07) is 4.81. The molecule has 0 unspecified atom stereocenters. The Balaban J connectivity index is 3.10. The summed E-state index contributed by atoms with van der Waals surface area (Å²) in [7, 11) is 0. The van der Waals surface area contributed by atoms with Crippen molar-refractivity contribution >= 4 is 10.8 Å². The molecule has 0 aliphatic heterocycles. The van der Waals surface area contributed by atoms with E-state index in [0.717, 1.165) is 0 Å². The largest absolute Gasteiger partial charge is 0.0587 e. The van der Waals surface area contributed by atoms with Gasteiger partial charge in [-0.05, 0) is 83.7 Å². The Labute approximate surface area is 124 Å². The summed E-state index contributed by atoms with van der Waals surface area (Å²) in [4.78, 5) is 0. The van der Waals surface area contributed by atoms with Gasteiger partial charge in [-0.1, -0.05) is 39.8 Å². The molecule has 0 saturated heterocycles. The van der Waals surface area contributed by atoms with Crippen molar-refractivity contribution in [1.29, 1.82) is 0 Å². The highest BCUT2D eigenvalue weighted by Gasteiger charge is 2.17. The summed E-state index contributed by atoms with van der Waals surface area (Å²) in [5.74, 6) is 1.13. The van der Waals surface area contributed by atoms with Crippen LogP contribution in [0.5, 0.6) is 0 Å². The van der Waals surface area contributed by atoms with Gasteiger partial charge in [0, 0.05) is 0 Å². The fourth-order valence-corrected chi connectivity index (χ4v) is 3.24. The van der Waals surface area contributed by atoms with Crippen molar-refractivity contribution in [3.05, 3.63) is 45.5 Å². The molecule has 0 heterocycles. The van der Waals surface area contributed by atoms with Crippen LogP contribution in [0.15, 0.2) is 12.1 Å². The zero-order chi connectivity index (χ0) is 15.2. The predicted octanol–water partition coefficient (Wildman–Crippen LogP) is 6.32. The van der Waals surface area contributed by atoms with E-state index in [2.05, 4.69) is 67.5 Å². The first-order valence-corrected chi connectivity index (χ1v) is 7.79. The molecule has 0 aliphatic carbocycles. The molecule has 0 nitrogen and oxygen atoms in total. The number of benzene rings is 2. The summed E-state index contributed by atoms with van der Waals surface area (Å²) in [5.41, 5.74) is 8.76. The lowest BCUT2D eigenvalue weighted by molar-refractivity contribution is 0.851. The first-order valence-electron chi connectivity index (χ1n) is 7.79. The van der Waals surface area contributed by atoms with E-state index in [-0.39, 0.29) is 0 Å². The lowest BCUT2D eigenvalue weighted by Gasteiger charge is -2.22. The Morgan fingerprint density at radius 1 is 0.600 bits per heavy atom. The van der Waals surface area contributed by atoms with Gasteiger partial charge in [0.05, 0.1) is 0 Å². The number of rotatable bonds is 2. The number of aryl methyl sites for hydroxylation is 4. The van der Waals surface area contributed by atoms with Crippen LogP contribution >= 0.6 is 0 Å². The maximum atomic E-state index is 2.41. The van der Waals surface area contributed by atoms with Crippen molar-refractivity contribution < 1.29 is 0 Å². The molecule has 0 aromatic heterocycles. The maximum Gasteiger partial charge on any atom is -0.0109 e. The highest BCUT2D eigenvalue weighted by atomic mass is 14.2. The predicted molar refractivity (Wildman–Crippen MR) is 91.1 cm³/mol. The second-order valence-corrected chi connectivity index (χ2v) is 6.87. The van der Waals surface area contributed by atoms with Crippen LogP contribution in [-0.4, -0.2) is 0 Å². The lowest BCUT2D eigenvalue weighted by atomic mass is 9.82. The lowest BCUT2D eigenvalue weighted by Crippen LogP contribution is -2.02. The van der Waals surface area contributed by atoms with Gasteiger partial charge in [0.1, 0.15) is 0 Å². The van der Waals surface area contributed by atoms with Gasteiger partial charge >= 0.3 is 0 Å². The second kappa shape index (κ2) is 5.24. The Morgan fingerprint density at radius 2 is 0.950 bits per heavy atom. The normalized spacial score (nSPS) is 11.9. The molecule has 0 saturated carbocycles. The molecule has 0 heteroatoms. The molecule has 2 aromatic rings. The SMILES string of the molecule is Cc1cc(C(C)C)c2c(C(C)C)cc(C)c(C)c2c1C. The van der Waals surface area contributed by atoms with Crippen LogP contribution in [0.2, 0.25) is 0 Å². The first kappa shape index (κ1) is 15.1. The first-order chi connectivity index (χ1) is 9.25. The molecule has 0 fully saturated rings. The molecule has 0 atom stereocenters. The van der Waals surface area contributed by atoms with E-state index in [1.807, 2.05) is 0 Å². The van der Waals surface area contributed by atoms with Crippen molar-refractivity contribution in [2.75, 3.05) is 0 Å². The highest BCUT2D eigenvalue weighted by molar-refractivity contribution is 5.96. The average molecular weight is 268 g/mol. The van der Waals surface area contributed by atoms with Crippen molar-refractivity contribution in [3.63, 3.8) is 0 Å². The molecular weight excluding hydrogens is 240 g/mol. The van der Waals surface area contributed by atoms with E-state index in [1.165, 1.54) is 44.2 Å². The van der Waals surface area contributed by atoms with Crippen LogP contribution in [0.1, 0.15) is 72.9 Å². The van der Waals surface area contributed by atoms with E-state index < -0.39 is 0 Å². The summed E-state index contributed by atoms with van der Waals surface area (Å²) >= 11 is 0. The monoisotopic (exact) mass is 268 g/mol. The minimum absolute atomic E-state index is 0.566. The smallest absolute Gasteiger partial charge is 0.0109 e. The Hall–Kier alpha value is -1.30. The minimum atomic E-state index is 0.566. The molecule has 108 valence electrons. The van der Waals surface area contributed by atoms with E-state index in [0.29, 0.717) is 11.8 Å². The molecular formula is C20H28. The molecule has 0 amide bonds. The van der Waals surface area contributed by atoms with Gasteiger partial charge in [-0.2, -0.15) is 0 Å². The highest BCUT2D eigenvalue weighted by Crippen LogP contribution is 2.38. The summed E-state index contributed by atoms with van der Waals surface area (Å²) in [5, 5.41) is 3.01. The summed E-state index contributed by atoms with van der Waals surface area (Å²) < 4.78 is 0.